The van der Waals surface area contributed by atoms with Crippen LogP contribution >= 0.6 is 11.3 Å². The van der Waals surface area contributed by atoms with E-state index >= 15 is 0 Å². The smallest absolute Gasteiger partial charge is 0.156 e. The molecule has 0 unspecified atom stereocenters. The molecule has 0 aromatic carbocycles. The number of sulfone groups is 1. The summed E-state index contributed by atoms with van der Waals surface area (Å²) in [5, 5.41) is 9.13. The Morgan fingerprint density at radius 3 is 2.73 bits per heavy atom. The zero-order valence-electron chi connectivity index (χ0n) is 8.65. The van der Waals surface area contributed by atoms with E-state index in [2.05, 4.69) is 4.98 Å². The van der Waals surface area contributed by atoms with E-state index in [1.165, 1.54) is 11.3 Å². The fourth-order valence-electron chi connectivity index (χ4n) is 1.08. The molecule has 82 valence electrons. The van der Waals surface area contributed by atoms with Crippen molar-refractivity contribution in [2.24, 2.45) is 0 Å². The van der Waals surface area contributed by atoms with Gasteiger partial charge in [0.2, 0.25) is 0 Å². The summed E-state index contributed by atoms with van der Waals surface area (Å²) in [6.07, 6.45) is 0.301. The lowest BCUT2D eigenvalue weighted by Crippen LogP contribution is -2.06. The van der Waals surface area contributed by atoms with Crippen molar-refractivity contribution in [2.45, 2.75) is 26.0 Å². The summed E-state index contributed by atoms with van der Waals surface area (Å²) >= 11 is 1.31. The molecular formula is C9H12N2O2S2. The Morgan fingerprint density at radius 2 is 2.20 bits per heavy atom. The number of rotatable bonds is 4. The lowest BCUT2D eigenvalue weighted by Gasteiger charge is -1.95. The molecule has 0 bridgehead atoms. The van der Waals surface area contributed by atoms with Crippen LogP contribution in [0.4, 0.5) is 0 Å². The third-order valence-corrected chi connectivity index (χ3v) is 4.89. The summed E-state index contributed by atoms with van der Waals surface area (Å²) in [4.78, 5) is 5.01. The van der Waals surface area contributed by atoms with Crippen LogP contribution in [0, 0.1) is 18.3 Å². The van der Waals surface area contributed by atoms with Crippen LogP contribution in [0.2, 0.25) is 0 Å². The molecule has 15 heavy (non-hydrogen) atoms. The SMILES string of the molecule is CCS(=O)(=O)Cc1nc(C)c(CC#N)s1. The average Bonchev–Trinajstić information content (AvgIpc) is 2.47. The molecule has 0 N–H and O–H groups in total. The van der Waals surface area contributed by atoms with Gasteiger partial charge in [-0.1, -0.05) is 6.92 Å². The first kappa shape index (κ1) is 12.1. The molecule has 0 fully saturated rings. The van der Waals surface area contributed by atoms with Gasteiger partial charge < -0.3 is 0 Å². The van der Waals surface area contributed by atoms with Gasteiger partial charge in [-0.2, -0.15) is 5.26 Å². The Kier molecular flexibility index (Phi) is 3.83. The number of hydrogen-bond donors (Lipinski definition) is 0. The third kappa shape index (κ3) is 3.29. The van der Waals surface area contributed by atoms with Crippen LogP contribution in [-0.2, 0) is 22.0 Å². The van der Waals surface area contributed by atoms with Gasteiger partial charge in [-0.25, -0.2) is 13.4 Å². The number of aryl methyl sites for hydroxylation is 1. The lowest BCUT2D eigenvalue weighted by atomic mass is 10.3. The van der Waals surface area contributed by atoms with E-state index in [1.807, 2.05) is 6.07 Å². The molecule has 6 heteroatoms. The molecule has 0 saturated carbocycles. The Bertz CT molecular complexity index is 483. The number of nitriles is 1. The molecule has 0 aliphatic carbocycles. The van der Waals surface area contributed by atoms with Gasteiger partial charge in [0.25, 0.3) is 0 Å². The highest BCUT2D eigenvalue weighted by Gasteiger charge is 2.14. The fraction of sp³-hybridized carbons (Fsp3) is 0.556. The number of aromatic nitrogens is 1. The number of nitrogens with zero attached hydrogens (tertiary/aromatic N) is 2. The average molecular weight is 244 g/mol. The fourth-order valence-corrected chi connectivity index (χ4v) is 3.29. The van der Waals surface area contributed by atoms with Gasteiger partial charge in [0, 0.05) is 10.6 Å². The standard InChI is InChI=1S/C9H12N2O2S2/c1-3-15(12,13)6-9-11-7(2)8(14-9)4-5-10/h3-4,6H2,1-2H3. The van der Waals surface area contributed by atoms with Crippen molar-refractivity contribution >= 4 is 21.2 Å². The first-order valence-electron chi connectivity index (χ1n) is 4.51. The quantitative estimate of drug-likeness (QED) is 0.803. The van der Waals surface area contributed by atoms with Crippen molar-refractivity contribution < 1.29 is 8.42 Å². The van der Waals surface area contributed by atoms with Crippen LogP contribution in [0.1, 0.15) is 22.5 Å². The van der Waals surface area contributed by atoms with Crippen LogP contribution in [-0.4, -0.2) is 19.2 Å². The predicted octanol–water partition coefficient (Wildman–Crippen LogP) is 1.45. The summed E-state index contributed by atoms with van der Waals surface area (Å²) in [7, 11) is -3.03. The van der Waals surface area contributed by atoms with E-state index in [1.54, 1.807) is 13.8 Å². The molecule has 0 aliphatic rings. The van der Waals surface area contributed by atoms with Gasteiger partial charge in [-0.3, -0.25) is 0 Å². The minimum Gasteiger partial charge on any atom is -0.245 e. The molecule has 1 aromatic heterocycles. The van der Waals surface area contributed by atoms with Crippen LogP contribution in [0.3, 0.4) is 0 Å². The molecule has 1 rings (SSSR count). The minimum absolute atomic E-state index is 0.0135. The van der Waals surface area contributed by atoms with Crippen molar-refractivity contribution in [1.29, 1.82) is 5.26 Å². The first-order chi connectivity index (χ1) is 6.98. The second kappa shape index (κ2) is 4.73. The number of hydrogen-bond acceptors (Lipinski definition) is 5. The van der Waals surface area contributed by atoms with Crippen molar-refractivity contribution in [2.75, 3.05) is 5.75 Å². The largest absolute Gasteiger partial charge is 0.245 e. The molecule has 1 aromatic rings. The van der Waals surface area contributed by atoms with Crippen LogP contribution in [0.15, 0.2) is 0 Å². The zero-order valence-corrected chi connectivity index (χ0v) is 10.3. The Morgan fingerprint density at radius 1 is 1.53 bits per heavy atom. The van der Waals surface area contributed by atoms with Crippen molar-refractivity contribution in [3.63, 3.8) is 0 Å². The molecule has 0 spiro atoms. The topological polar surface area (TPSA) is 70.8 Å². The van der Waals surface area contributed by atoms with Gasteiger partial charge in [-0.05, 0) is 6.92 Å². The second-order valence-electron chi connectivity index (χ2n) is 3.13. The molecule has 0 amide bonds. The van der Waals surface area contributed by atoms with Gasteiger partial charge in [-0.15, -0.1) is 11.3 Å². The normalized spacial score (nSPS) is 11.3. The van der Waals surface area contributed by atoms with E-state index in [4.69, 9.17) is 5.26 Å². The zero-order chi connectivity index (χ0) is 11.5. The molecule has 0 radical (unpaired) electrons. The number of thiazole rings is 1. The first-order valence-corrected chi connectivity index (χ1v) is 7.15. The maximum Gasteiger partial charge on any atom is 0.156 e. The summed E-state index contributed by atoms with van der Waals surface area (Å²) < 4.78 is 22.7. The van der Waals surface area contributed by atoms with Crippen LogP contribution in [0.5, 0.6) is 0 Å². The third-order valence-electron chi connectivity index (χ3n) is 1.96. The van der Waals surface area contributed by atoms with Crippen molar-refractivity contribution in [3.05, 3.63) is 15.6 Å². The van der Waals surface area contributed by atoms with Gasteiger partial charge in [0.15, 0.2) is 9.84 Å². The Labute approximate surface area is 93.5 Å². The highest BCUT2D eigenvalue weighted by Crippen LogP contribution is 2.20. The minimum atomic E-state index is -3.03. The second-order valence-corrected chi connectivity index (χ2v) is 6.65. The molecular weight excluding hydrogens is 232 g/mol. The van der Waals surface area contributed by atoms with E-state index in [9.17, 15) is 8.42 Å². The van der Waals surface area contributed by atoms with Crippen LogP contribution in [0.25, 0.3) is 0 Å². The van der Waals surface area contributed by atoms with Gasteiger partial charge in [0.1, 0.15) is 10.8 Å². The molecule has 0 aliphatic heterocycles. The van der Waals surface area contributed by atoms with Crippen LogP contribution < -0.4 is 0 Å². The summed E-state index contributed by atoms with van der Waals surface area (Å²) in [6, 6.07) is 2.04. The van der Waals surface area contributed by atoms with Gasteiger partial charge in [0.05, 0.1) is 18.2 Å². The highest BCUT2D eigenvalue weighted by atomic mass is 32.2. The molecule has 0 saturated heterocycles. The molecule has 0 atom stereocenters. The summed E-state index contributed by atoms with van der Waals surface area (Å²) in [5.41, 5.74) is 0.767. The van der Waals surface area contributed by atoms with E-state index < -0.39 is 9.84 Å². The van der Waals surface area contributed by atoms with Crippen molar-refractivity contribution in [3.8, 4) is 6.07 Å². The molecule has 1 heterocycles. The predicted molar refractivity (Wildman–Crippen MR) is 59.3 cm³/mol. The van der Waals surface area contributed by atoms with Crippen molar-refractivity contribution in [1.82, 2.24) is 4.98 Å². The maximum absolute atomic E-state index is 11.3. The molecule has 4 nitrogen and oxygen atoms in total. The summed E-state index contributed by atoms with van der Waals surface area (Å²) in [6.45, 7) is 3.41. The highest BCUT2D eigenvalue weighted by molar-refractivity contribution is 7.90. The Hall–Kier alpha value is -0.930. The van der Waals surface area contributed by atoms with E-state index in [0.717, 1.165) is 10.6 Å². The lowest BCUT2D eigenvalue weighted by molar-refractivity contribution is 0.596. The summed E-state index contributed by atoms with van der Waals surface area (Å²) in [5.74, 6) is 0.111. The van der Waals surface area contributed by atoms with Gasteiger partial charge >= 0.3 is 0 Å². The van der Waals surface area contributed by atoms with E-state index in [-0.39, 0.29) is 11.5 Å². The monoisotopic (exact) mass is 244 g/mol. The maximum atomic E-state index is 11.3. The van der Waals surface area contributed by atoms with E-state index in [0.29, 0.717) is 11.4 Å². The Balaban J connectivity index is 2.90.